The Morgan fingerprint density at radius 1 is 0.846 bits per heavy atom. The molecule has 0 saturated heterocycles. The molecule has 5 nitrogen and oxygen atoms in total. The van der Waals surface area contributed by atoms with Crippen LogP contribution in [0.3, 0.4) is 0 Å². The Morgan fingerprint density at radius 3 is 2.36 bits per heavy atom. The zero-order valence-electron chi connectivity index (χ0n) is 24.5. The summed E-state index contributed by atoms with van der Waals surface area (Å²) in [6.45, 7) is 10.1. The van der Waals surface area contributed by atoms with E-state index in [1.807, 2.05) is 12.1 Å². The van der Waals surface area contributed by atoms with E-state index in [-0.39, 0.29) is 34.9 Å². The highest BCUT2D eigenvalue weighted by atomic mass is 16.4. The molecule has 1 aromatic rings. The van der Waals surface area contributed by atoms with Crippen molar-refractivity contribution in [3.05, 3.63) is 35.4 Å². The molecule has 0 aliphatic heterocycles. The SMILES string of the molecule is CC1(C)C(O)CCC2(C)C1CCC1(C)C3CCC4(C(=O)NCc5ccccc5C(=O)O)CCCC4C3CCC12. The number of nitrogens with one attached hydrogen (secondary N) is 1. The Kier molecular flexibility index (Phi) is 6.53. The van der Waals surface area contributed by atoms with E-state index in [4.69, 9.17) is 0 Å². The number of hydrogen-bond acceptors (Lipinski definition) is 3. The molecule has 1 aromatic carbocycles. The fourth-order valence-electron chi connectivity index (χ4n) is 11.8. The second-order valence-corrected chi connectivity index (χ2v) is 15.2. The lowest BCUT2D eigenvalue weighted by molar-refractivity contribution is -0.214. The summed E-state index contributed by atoms with van der Waals surface area (Å²) in [4.78, 5) is 25.6. The van der Waals surface area contributed by atoms with Crippen molar-refractivity contribution in [2.45, 2.75) is 111 Å². The van der Waals surface area contributed by atoms with Gasteiger partial charge in [-0.25, -0.2) is 4.79 Å². The zero-order valence-corrected chi connectivity index (χ0v) is 24.5. The fourth-order valence-corrected chi connectivity index (χ4v) is 11.8. The van der Waals surface area contributed by atoms with Crippen LogP contribution >= 0.6 is 0 Å². The minimum Gasteiger partial charge on any atom is -0.478 e. The van der Waals surface area contributed by atoms with Gasteiger partial charge in [-0.1, -0.05) is 52.3 Å². The topological polar surface area (TPSA) is 86.6 Å². The molecule has 5 aliphatic carbocycles. The Morgan fingerprint density at radius 2 is 1.59 bits per heavy atom. The van der Waals surface area contributed by atoms with E-state index in [0.29, 0.717) is 46.0 Å². The van der Waals surface area contributed by atoms with Crippen LogP contribution in [0.15, 0.2) is 24.3 Å². The van der Waals surface area contributed by atoms with Gasteiger partial charge in [-0.15, -0.1) is 0 Å². The summed E-state index contributed by atoms with van der Waals surface area (Å²) < 4.78 is 0. The smallest absolute Gasteiger partial charge is 0.336 e. The molecule has 9 unspecified atom stereocenters. The molecular weight excluding hydrogens is 486 g/mol. The van der Waals surface area contributed by atoms with Gasteiger partial charge in [0.25, 0.3) is 0 Å². The highest BCUT2D eigenvalue weighted by Crippen LogP contribution is 2.73. The molecule has 9 atom stereocenters. The van der Waals surface area contributed by atoms with Crippen LogP contribution < -0.4 is 5.32 Å². The van der Waals surface area contributed by atoms with Gasteiger partial charge in [0.2, 0.25) is 5.91 Å². The average molecular weight is 536 g/mol. The molecule has 5 heteroatoms. The first-order valence-electron chi connectivity index (χ1n) is 15.7. The summed E-state index contributed by atoms with van der Waals surface area (Å²) in [5.41, 5.74) is 1.25. The Balaban J connectivity index is 1.23. The molecule has 3 N–H and O–H groups in total. The van der Waals surface area contributed by atoms with Gasteiger partial charge >= 0.3 is 5.97 Å². The van der Waals surface area contributed by atoms with Gasteiger partial charge in [-0.3, -0.25) is 4.79 Å². The number of aliphatic hydroxyl groups is 1. The van der Waals surface area contributed by atoms with E-state index in [2.05, 4.69) is 33.0 Å². The number of hydrogen-bond donors (Lipinski definition) is 3. The number of carboxylic acids is 1. The molecule has 39 heavy (non-hydrogen) atoms. The third kappa shape index (κ3) is 3.88. The quantitative estimate of drug-likeness (QED) is 0.394. The first-order valence-corrected chi connectivity index (χ1v) is 15.7. The summed E-state index contributed by atoms with van der Waals surface area (Å²) >= 11 is 0. The third-order valence-electron chi connectivity index (χ3n) is 13.6. The van der Waals surface area contributed by atoms with Crippen LogP contribution in [-0.2, 0) is 11.3 Å². The van der Waals surface area contributed by atoms with Gasteiger partial charge in [0.05, 0.1) is 17.1 Å². The number of amides is 1. The third-order valence-corrected chi connectivity index (χ3v) is 13.6. The number of benzene rings is 1. The van der Waals surface area contributed by atoms with Crippen molar-refractivity contribution in [2.24, 2.45) is 51.2 Å². The lowest BCUT2D eigenvalue weighted by atomic mass is 9.36. The van der Waals surface area contributed by atoms with Crippen LogP contribution in [0, 0.1) is 51.2 Å². The summed E-state index contributed by atoms with van der Waals surface area (Å²) in [6, 6.07) is 7.02. The van der Waals surface area contributed by atoms with Gasteiger partial charge in [-0.2, -0.15) is 0 Å². The number of rotatable bonds is 4. The number of aliphatic hydroxyl groups excluding tert-OH is 1. The van der Waals surface area contributed by atoms with Crippen molar-refractivity contribution in [3.8, 4) is 0 Å². The van der Waals surface area contributed by atoms with Crippen molar-refractivity contribution in [1.29, 1.82) is 0 Å². The Bertz CT molecular complexity index is 1150. The highest BCUT2D eigenvalue weighted by molar-refractivity contribution is 5.90. The summed E-state index contributed by atoms with van der Waals surface area (Å²) in [6.07, 6.45) is 12.2. The first-order chi connectivity index (χ1) is 18.4. The monoisotopic (exact) mass is 535 g/mol. The molecule has 5 saturated carbocycles. The molecule has 0 aromatic heterocycles. The molecular formula is C34H49NO4. The summed E-state index contributed by atoms with van der Waals surface area (Å²) in [5.74, 6) is 2.24. The Labute approximate surface area is 234 Å². The molecule has 0 heterocycles. The minimum absolute atomic E-state index is 0.0182. The van der Waals surface area contributed by atoms with Gasteiger partial charge in [0.1, 0.15) is 0 Å². The van der Waals surface area contributed by atoms with E-state index in [1.54, 1.807) is 12.1 Å². The maximum Gasteiger partial charge on any atom is 0.336 e. The van der Waals surface area contributed by atoms with E-state index in [9.17, 15) is 19.8 Å². The van der Waals surface area contributed by atoms with Crippen molar-refractivity contribution >= 4 is 11.9 Å². The normalized spacial score (nSPS) is 44.3. The fraction of sp³-hybridized carbons (Fsp3) is 0.765. The number of carbonyl (C=O) groups excluding carboxylic acids is 1. The average Bonchev–Trinajstić information content (AvgIpc) is 3.35. The summed E-state index contributed by atoms with van der Waals surface area (Å²) in [7, 11) is 0. The molecule has 0 radical (unpaired) electrons. The second-order valence-electron chi connectivity index (χ2n) is 15.2. The van der Waals surface area contributed by atoms with Crippen LogP contribution in [0.25, 0.3) is 0 Å². The predicted molar refractivity (Wildman–Crippen MR) is 152 cm³/mol. The zero-order chi connectivity index (χ0) is 27.8. The highest BCUT2D eigenvalue weighted by Gasteiger charge is 2.67. The van der Waals surface area contributed by atoms with Crippen LogP contribution in [0.5, 0.6) is 0 Å². The van der Waals surface area contributed by atoms with Crippen molar-refractivity contribution in [2.75, 3.05) is 0 Å². The van der Waals surface area contributed by atoms with Gasteiger partial charge < -0.3 is 15.5 Å². The minimum atomic E-state index is -0.943. The van der Waals surface area contributed by atoms with E-state index in [0.717, 1.165) is 44.9 Å². The largest absolute Gasteiger partial charge is 0.478 e. The number of aromatic carboxylic acids is 1. The Hall–Kier alpha value is -1.88. The van der Waals surface area contributed by atoms with Gasteiger partial charge in [-0.05, 0) is 122 Å². The first kappa shape index (κ1) is 27.3. The van der Waals surface area contributed by atoms with Crippen molar-refractivity contribution < 1.29 is 19.8 Å². The van der Waals surface area contributed by atoms with Crippen LogP contribution in [0.4, 0.5) is 0 Å². The lowest BCUT2D eigenvalue weighted by Crippen LogP contribution is -2.63. The predicted octanol–water partition coefficient (Wildman–Crippen LogP) is 6.83. The standard InChI is InChI=1S/C34H49NO4/c1-31(2)26-14-17-32(3)24-13-19-34(30(39)35-20-21-8-5-6-9-22(21)29(37)38)16-7-10-25(34)23(24)11-12-27(32)33(26,4)18-15-28(31)36/h5-6,8-9,23-28,36H,7,10-20H2,1-4H3,(H,35,39)(H,37,38). The van der Waals surface area contributed by atoms with Crippen LogP contribution in [0.2, 0.25) is 0 Å². The summed E-state index contributed by atoms with van der Waals surface area (Å²) in [5, 5.41) is 23.7. The molecule has 214 valence electrons. The molecule has 0 bridgehead atoms. The van der Waals surface area contributed by atoms with Crippen LogP contribution in [-0.4, -0.2) is 28.2 Å². The lowest BCUT2D eigenvalue weighted by Gasteiger charge is -2.69. The van der Waals surface area contributed by atoms with Gasteiger partial charge in [0, 0.05) is 6.54 Å². The van der Waals surface area contributed by atoms with Crippen molar-refractivity contribution in [1.82, 2.24) is 5.32 Å². The molecule has 6 rings (SSSR count). The van der Waals surface area contributed by atoms with E-state index in [1.165, 1.54) is 25.7 Å². The molecule has 1 amide bonds. The maximum absolute atomic E-state index is 14.0. The number of carboxylic acid groups (broad SMARTS) is 1. The maximum atomic E-state index is 14.0. The number of fused-ring (bicyclic) bond motifs is 7. The van der Waals surface area contributed by atoms with Crippen molar-refractivity contribution in [3.63, 3.8) is 0 Å². The molecule has 5 aliphatic rings. The molecule has 5 fully saturated rings. The van der Waals surface area contributed by atoms with E-state index >= 15 is 0 Å². The second kappa shape index (κ2) is 9.33. The van der Waals surface area contributed by atoms with Gasteiger partial charge in [0.15, 0.2) is 0 Å². The van der Waals surface area contributed by atoms with Crippen LogP contribution in [0.1, 0.15) is 114 Å². The molecule has 0 spiro atoms. The number of carbonyl (C=O) groups is 2. The van der Waals surface area contributed by atoms with E-state index < -0.39 is 5.97 Å².